The molecule has 2 nitrogen and oxygen atoms in total. The molecule has 1 fully saturated rings. The summed E-state index contributed by atoms with van der Waals surface area (Å²) >= 11 is 0. The third-order valence-electron chi connectivity index (χ3n) is 3.49. The Bertz CT molecular complexity index is 384. The Morgan fingerprint density at radius 3 is 2.62 bits per heavy atom. The van der Waals surface area contributed by atoms with E-state index >= 15 is 0 Å². The second-order valence-electron chi connectivity index (χ2n) is 4.55. The van der Waals surface area contributed by atoms with Gasteiger partial charge in [0.15, 0.2) is 0 Å². The molecule has 1 saturated heterocycles. The van der Waals surface area contributed by atoms with E-state index in [0.717, 1.165) is 13.1 Å². The van der Waals surface area contributed by atoms with Crippen LogP contribution in [0.1, 0.15) is 29.9 Å². The van der Waals surface area contributed by atoms with Crippen molar-refractivity contribution in [2.24, 2.45) is 0 Å². The van der Waals surface area contributed by atoms with E-state index in [-0.39, 0.29) is 0 Å². The molecule has 84 valence electrons. The molecule has 0 N–H and O–H groups in total. The molecule has 1 aliphatic heterocycles. The van der Waals surface area contributed by atoms with Crippen molar-refractivity contribution in [3.63, 3.8) is 0 Å². The maximum Gasteiger partial charge on any atom is 0.270 e. The van der Waals surface area contributed by atoms with Crippen molar-refractivity contribution < 1.29 is 0 Å². The van der Waals surface area contributed by atoms with E-state index in [4.69, 9.17) is 6.57 Å². The number of rotatable bonds is 2. The van der Waals surface area contributed by atoms with Crippen molar-refractivity contribution in [1.29, 1.82) is 0 Å². The van der Waals surface area contributed by atoms with Crippen LogP contribution in [0.2, 0.25) is 0 Å². The smallest absolute Gasteiger partial charge is 0.270 e. The van der Waals surface area contributed by atoms with Gasteiger partial charge >= 0.3 is 0 Å². The summed E-state index contributed by atoms with van der Waals surface area (Å²) in [6.45, 7) is 11.8. The Hall–Kier alpha value is -1.33. The van der Waals surface area contributed by atoms with Crippen LogP contribution in [0.3, 0.4) is 0 Å². The molecule has 1 aliphatic rings. The minimum Gasteiger partial charge on any atom is -0.299 e. The summed E-state index contributed by atoms with van der Waals surface area (Å²) in [5, 5.41) is 0. The van der Waals surface area contributed by atoms with Crippen LogP contribution in [0.25, 0.3) is 4.85 Å². The minimum atomic E-state index is 0.570. The van der Waals surface area contributed by atoms with Gasteiger partial charge in [-0.25, -0.2) is 11.5 Å². The third kappa shape index (κ3) is 2.43. The van der Waals surface area contributed by atoms with Crippen molar-refractivity contribution in [2.75, 3.05) is 19.8 Å². The number of aryl methyl sites for hydroxylation is 1. The molecule has 1 aromatic carbocycles. The van der Waals surface area contributed by atoms with Gasteiger partial charge in [-0.05, 0) is 36.8 Å². The number of hydrogen-bond acceptors (Lipinski definition) is 1. The van der Waals surface area contributed by atoms with Gasteiger partial charge in [-0.15, -0.1) is 0 Å². The molecular weight excluding hydrogens is 196 g/mol. The van der Waals surface area contributed by atoms with E-state index in [1.807, 2.05) is 0 Å². The normalized spacial score (nSPS) is 18.2. The number of piperidine rings is 1. The van der Waals surface area contributed by atoms with Crippen LogP contribution in [0, 0.1) is 13.5 Å². The van der Waals surface area contributed by atoms with Gasteiger partial charge in [0.2, 0.25) is 0 Å². The van der Waals surface area contributed by atoms with Crippen LogP contribution in [0.5, 0.6) is 0 Å². The van der Waals surface area contributed by atoms with Gasteiger partial charge in [0.1, 0.15) is 0 Å². The number of hydrogen-bond donors (Lipinski definition) is 0. The van der Waals surface area contributed by atoms with Crippen LogP contribution in [0.4, 0.5) is 0 Å². The highest BCUT2D eigenvalue weighted by molar-refractivity contribution is 5.29. The number of benzene rings is 1. The fraction of sp³-hybridized carbons (Fsp3) is 0.500. The number of nitrogens with zero attached hydrogens (tertiary/aromatic N) is 2. The standard InChI is InChI=1S/C14H18N2/c1-12-5-3-4-6-14(12)13-7-9-16(10-8-13)11-15-2/h3-6,13H,7-11H2,1H3. The molecule has 1 heterocycles. The highest BCUT2D eigenvalue weighted by Crippen LogP contribution is 2.29. The molecule has 0 aromatic heterocycles. The molecule has 0 spiro atoms. The van der Waals surface area contributed by atoms with Gasteiger partial charge in [0.25, 0.3) is 6.67 Å². The number of likely N-dealkylation sites (tertiary alicyclic amines) is 1. The van der Waals surface area contributed by atoms with Gasteiger partial charge in [0.05, 0.1) is 0 Å². The fourth-order valence-electron chi connectivity index (χ4n) is 2.53. The quantitative estimate of drug-likeness (QED) is 0.687. The predicted molar refractivity (Wildman–Crippen MR) is 66.2 cm³/mol. The Balaban J connectivity index is 2.00. The summed E-state index contributed by atoms with van der Waals surface area (Å²) in [4.78, 5) is 5.70. The molecule has 0 radical (unpaired) electrons. The van der Waals surface area contributed by atoms with Crippen LogP contribution >= 0.6 is 0 Å². The summed E-state index contributed by atoms with van der Waals surface area (Å²) in [6.07, 6.45) is 2.39. The highest BCUT2D eigenvalue weighted by atomic mass is 15.2. The zero-order valence-electron chi connectivity index (χ0n) is 9.82. The first-order valence-electron chi connectivity index (χ1n) is 5.92. The van der Waals surface area contributed by atoms with E-state index in [1.165, 1.54) is 24.0 Å². The molecule has 0 bridgehead atoms. The van der Waals surface area contributed by atoms with Crippen molar-refractivity contribution in [3.05, 3.63) is 46.8 Å². The Morgan fingerprint density at radius 1 is 1.31 bits per heavy atom. The average molecular weight is 214 g/mol. The fourth-order valence-corrected chi connectivity index (χ4v) is 2.53. The summed E-state index contributed by atoms with van der Waals surface area (Å²) in [5.74, 6) is 0.697. The third-order valence-corrected chi connectivity index (χ3v) is 3.49. The summed E-state index contributed by atoms with van der Waals surface area (Å²) in [5.41, 5.74) is 2.91. The lowest BCUT2D eigenvalue weighted by molar-refractivity contribution is 0.231. The van der Waals surface area contributed by atoms with Crippen LogP contribution < -0.4 is 0 Å². The molecule has 2 heteroatoms. The molecule has 0 saturated carbocycles. The average Bonchev–Trinajstić information content (AvgIpc) is 2.31. The predicted octanol–water partition coefficient (Wildman–Crippen LogP) is 3.05. The topological polar surface area (TPSA) is 7.60 Å². The maximum atomic E-state index is 6.87. The van der Waals surface area contributed by atoms with Crippen LogP contribution in [0.15, 0.2) is 24.3 Å². The lowest BCUT2D eigenvalue weighted by Gasteiger charge is -2.29. The van der Waals surface area contributed by atoms with Gasteiger partial charge in [-0.3, -0.25) is 4.85 Å². The largest absolute Gasteiger partial charge is 0.299 e. The first kappa shape index (κ1) is 11.2. The van der Waals surface area contributed by atoms with Crippen LogP contribution in [-0.2, 0) is 0 Å². The summed E-state index contributed by atoms with van der Waals surface area (Å²) in [7, 11) is 0. The lowest BCUT2D eigenvalue weighted by Crippen LogP contribution is -2.32. The second-order valence-corrected chi connectivity index (χ2v) is 4.55. The molecular formula is C14H18N2. The minimum absolute atomic E-state index is 0.570. The van der Waals surface area contributed by atoms with Crippen LogP contribution in [-0.4, -0.2) is 24.7 Å². The van der Waals surface area contributed by atoms with Crippen molar-refractivity contribution in [2.45, 2.75) is 25.7 Å². The van der Waals surface area contributed by atoms with Gasteiger partial charge in [-0.2, -0.15) is 0 Å². The van der Waals surface area contributed by atoms with E-state index in [0.29, 0.717) is 12.6 Å². The van der Waals surface area contributed by atoms with E-state index < -0.39 is 0 Å². The first-order valence-corrected chi connectivity index (χ1v) is 5.92. The van der Waals surface area contributed by atoms with E-state index in [2.05, 4.69) is 40.9 Å². The molecule has 2 rings (SSSR count). The Labute approximate surface area is 97.7 Å². The molecule has 0 aliphatic carbocycles. The van der Waals surface area contributed by atoms with Crippen molar-refractivity contribution >= 4 is 0 Å². The second kappa shape index (κ2) is 5.14. The van der Waals surface area contributed by atoms with Crippen molar-refractivity contribution in [1.82, 2.24) is 4.90 Å². The Kier molecular flexibility index (Phi) is 3.58. The highest BCUT2D eigenvalue weighted by Gasteiger charge is 2.22. The molecule has 0 amide bonds. The maximum absolute atomic E-state index is 6.87. The molecule has 0 atom stereocenters. The monoisotopic (exact) mass is 214 g/mol. The molecule has 16 heavy (non-hydrogen) atoms. The van der Waals surface area contributed by atoms with Gasteiger partial charge in [-0.1, -0.05) is 24.3 Å². The van der Waals surface area contributed by atoms with E-state index in [1.54, 1.807) is 0 Å². The first-order chi connectivity index (χ1) is 7.81. The van der Waals surface area contributed by atoms with Gasteiger partial charge in [0, 0.05) is 13.1 Å². The SMILES string of the molecule is [C-]#[N+]CN1CCC(c2ccccc2C)CC1. The molecule has 0 unspecified atom stereocenters. The zero-order valence-corrected chi connectivity index (χ0v) is 9.82. The van der Waals surface area contributed by atoms with E-state index in [9.17, 15) is 0 Å². The van der Waals surface area contributed by atoms with Gasteiger partial charge < -0.3 is 0 Å². The summed E-state index contributed by atoms with van der Waals surface area (Å²) < 4.78 is 0. The van der Waals surface area contributed by atoms with Crippen molar-refractivity contribution in [3.8, 4) is 0 Å². The lowest BCUT2D eigenvalue weighted by atomic mass is 9.87. The Morgan fingerprint density at radius 2 is 2.00 bits per heavy atom. The summed E-state index contributed by atoms with van der Waals surface area (Å²) in [6, 6.07) is 8.69. The zero-order chi connectivity index (χ0) is 11.4. The molecule has 1 aromatic rings.